The summed E-state index contributed by atoms with van der Waals surface area (Å²) in [4.78, 5) is 53.9. The van der Waals surface area contributed by atoms with Crippen LogP contribution in [0.1, 0.15) is 25.8 Å². The van der Waals surface area contributed by atoms with E-state index in [9.17, 15) is 23.2 Å². The maximum atomic E-state index is 13.1. The molecule has 0 bridgehead atoms. The van der Waals surface area contributed by atoms with Gasteiger partial charge in [-0.3, -0.25) is 19.0 Å². The molecule has 3 N–H and O–H groups in total. The molecular weight excluding hydrogens is 568 g/mol. The van der Waals surface area contributed by atoms with Gasteiger partial charge in [0.25, 0.3) is 0 Å². The Bertz CT molecular complexity index is 1460. The summed E-state index contributed by atoms with van der Waals surface area (Å²) in [7, 11) is 0. The predicted molar refractivity (Wildman–Crippen MR) is 151 cm³/mol. The van der Waals surface area contributed by atoms with Gasteiger partial charge in [0, 0.05) is 45.2 Å². The van der Waals surface area contributed by atoms with Crippen molar-refractivity contribution in [1.82, 2.24) is 44.8 Å². The van der Waals surface area contributed by atoms with E-state index in [4.69, 9.17) is 4.74 Å². The van der Waals surface area contributed by atoms with E-state index in [2.05, 4.69) is 42.6 Å². The standard InChI is InChI=1S/C26H33F2N11O4/c1-2-19(40)29-6-3-21(42)36-7-4-17(5-8-36)33-20(41)14-30-23-22-24(35-26(34-23)37-9-11-43-12-10-37)38(16-31-22)18-13-32-39(15-18)25(27)28/h2,13,15-17,25H,1,3-12,14H2,(H,29,40)(H,33,41)(H,30,34,35). The highest BCUT2D eigenvalue weighted by Crippen LogP contribution is 2.26. The van der Waals surface area contributed by atoms with Crippen LogP contribution in [0.5, 0.6) is 0 Å². The molecule has 5 heterocycles. The van der Waals surface area contributed by atoms with Crippen LogP contribution in [0, 0.1) is 0 Å². The summed E-state index contributed by atoms with van der Waals surface area (Å²) in [6.07, 6.45) is 6.50. The molecule has 2 saturated heterocycles. The Hall–Kier alpha value is -4.67. The minimum Gasteiger partial charge on any atom is -0.378 e. The van der Waals surface area contributed by atoms with Crippen molar-refractivity contribution >= 4 is 40.7 Å². The Morgan fingerprint density at radius 1 is 1.14 bits per heavy atom. The van der Waals surface area contributed by atoms with Crippen LogP contribution in [0.3, 0.4) is 0 Å². The highest BCUT2D eigenvalue weighted by molar-refractivity contribution is 5.89. The summed E-state index contributed by atoms with van der Waals surface area (Å²) in [5, 5.41) is 12.4. The van der Waals surface area contributed by atoms with Crippen LogP contribution in [0.25, 0.3) is 16.9 Å². The number of anilines is 2. The van der Waals surface area contributed by atoms with Gasteiger partial charge in [-0.2, -0.15) is 23.8 Å². The maximum Gasteiger partial charge on any atom is 0.333 e. The van der Waals surface area contributed by atoms with Gasteiger partial charge in [0.2, 0.25) is 23.7 Å². The smallest absolute Gasteiger partial charge is 0.333 e. The molecule has 0 aliphatic carbocycles. The van der Waals surface area contributed by atoms with Crippen molar-refractivity contribution in [3.8, 4) is 5.69 Å². The average Bonchev–Trinajstić information content (AvgIpc) is 3.68. The van der Waals surface area contributed by atoms with Gasteiger partial charge < -0.3 is 30.5 Å². The number of piperidine rings is 1. The van der Waals surface area contributed by atoms with Crippen molar-refractivity contribution in [2.45, 2.75) is 31.9 Å². The third-order valence-corrected chi connectivity index (χ3v) is 7.20. The fourth-order valence-corrected chi connectivity index (χ4v) is 4.90. The summed E-state index contributed by atoms with van der Waals surface area (Å²) in [6.45, 7) is 3.88. The minimum absolute atomic E-state index is 0.0550. The topological polar surface area (TPSA) is 164 Å². The van der Waals surface area contributed by atoms with Crippen LogP contribution in [-0.2, 0) is 19.1 Å². The third kappa shape index (κ3) is 7.22. The number of alkyl halides is 2. The number of imidazole rings is 1. The van der Waals surface area contributed by atoms with Crippen LogP contribution < -0.4 is 20.9 Å². The zero-order valence-electron chi connectivity index (χ0n) is 23.4. The monoisotopic (exact) mass is 601 g/mol. The molecule has 0 atom stereocenters. The number of likely N-dealkylation sites (tertiary alicyclic amines) is 1. The number of fused-ring (bicyclic) bond motifs is 1. The van der Waals surface area contributed by atoms with Gasteiger partial charge in [-0.1, -0.05) is 6.58 Å². The number of morpholine rings is 1. The molecule has 0 radical (unpaired) electrons. The Labute approximate surface area is 245 Å². The second-order valence-corrected chi connectivity index (χ2v) is 10.0. The Balaban J connectivity index is 1.22. The van der Waals surface area contributed by atoms with Gasteiger partial charge in [-0.25, -0.2) is 9.67 Å². The first-order chi connectivity index (χ1) is 20.8. The number of hydrogen-bond donors (Lipinski definition) is 3. The molecule has 3 amide bonds. The van der Waals surface area contributed by atoms with Crippen molar-refractivity contribution in [1.29, 1.82) is 0 Å². The maximum absolute atomic E-state index is 13.1. The molecule has 2 aliphatic heterocycles. The number of halogens is 2. The number of nitrogens with zero attached hydrogens (tertiary/aromatic N) is 8. The third-order valence-electron chi connectivity index (χ3n) is 7.20. The molecule has 43 heavy (non-hydrogen) atoms. The van der Waals surface area contributed by atoms with Crippen molar-refractivity contribution in [2.75, 3.05) is 62.7 Å². The number of ether oxygens (including phenoxy) is 1. The van der Waals surface area contributed by atoms with Crippen LogP contribution in [0.4, 0.5) is 20.5 Å². The highest BCUT2D eigenvalue weighted by atomic mass is 19.3. The molecule has 3 aromatic heterocycles. The van der Waals surface area contributed by atoms with E-state index in [0.29, 0.717) is 85.5 Å². The Morgan fingerprint density at radius 2 is 1.91 bits per heavy atom. The van der Waals surface area contributed by atoms with Gasteiger partial charge in [-0.05, 0) is 18.9 Å². The van der Waals surface area contributed by atoms with E-state index in [1.165, 1.54) is 18.7 Å². The van der Waals surface area contributed by atoms with Crippen LogP contribution in [-0.4, -0.2) is 110 Å². The Kier molecular flexibility index (Phi) is 9.38. The quantitative estimate of drug-likeness (QED) is 0.263. The summed E-state index contributed by atoms with van der Waals surface area (Å²) in [5.41, 5.74) is 1.09. The summed E-state index contributed by atoms with van der Waals surface area (Å²) in [5.74, 6) is 0.0846. The fraction of sp³-hybridized carbons (Fsp3) is 0.500. The molecule has 17 heteroatoms. The van der Waals surface area contributed by atoms with Crippen LogP contribution in [0.2, 0.25) is 0 Å². The second kappa shape index (κ2) is 13.5. The number of carbonyl (C=O) groups is 3. The molecule has 15 nitrogen and oxygen atoms in total. The van der Waals surface area contributed by atoms with Crippen molar-refractivity contribution in [2.24, 2.45) is 0 Å². The van der Waals surface area contributed by atoms with Gasteiger partial charge in [0.15, 0.2) is 17.0 Å². The number of rotatable bonds is 11. The molecule has 0 saturated carbocycles. The number of nitrogens with one attached hydrogen (secondary N) is 3. The molecule has 0 unspecified atom stereocenters. The first-order valence-corrected chi connectivity index (χ1v) is 13.9. The largest absolute Gasteiger partial charge is 0.378 e. The SMILES string of the molecule is C=CC(=O)NCCC(=O)N1CCC(NC(=O)CNc2nc(N3CCOCC3)nc3c2ncn3-c2cnn(C(F)F)c2)CC1. The number of carbonyl (C=O) groups excluding carboxylic acids is 3. The molecule has 2 fully saturated rings. The highest BCUT2D eigenvalue weighted by Gasteiger charge is 2.25. The summed E-state index contributed by atoms with van der Waals surface area (Å²) >= 11 is 0. The number of amides is 3. The minimum atomic E-state index is -2.79. The molecule has 3 aromatic rings. The van der Waals surface area contributed by atoms with E-state index in [-0.39, 0.29) is 43.3 Å². The first-order valence-electron chi connectivity index (χ1n) is 13.9. The van der Waals surface area contributed by atoms with E-state index in [1.54, 1.807) is 9.47 Å². The van der Waals surface area contributed by atoms with E-state index < -0.39 is 6.55 Å². The molecule has 230 valence electrons. The molecule has 0 spiro atoms. The predicted octanol–water partition coefficient (Wildman–Crippen LogP) is 0.455. The van der Waals surface area contributed by atoms with Gasteiger partial charge in [-0.15, -0.1) is 0 Å². The second-order valence-electron chi connectivity index (χ2n) is 10.0. The summed E-state index contributed by atoms with van der Waals surface area (Å²) < 4.78 is 33.8. The van der Waals surface area contributed by atoms with Gasteiger partial charge >= 0.3 is 6.55 Å². The van der Waals surface area contributed by atoms with Crippen LogP contribution >= 0.6 is 0 Å². The van der Waals surface area contributed by atoms with E-state index >= 15 is 0 Å². The first kappa shape index (κ1) is 29.8. The van der Waals surface area contributed by atoms with E-state index in [0.717, 1.165) is 6.08 Å². The normalized spacial score (nSPS) is 16.0. The lowest BCUT2D eigenvalue weighted by Crippen LogP contribution is -2.48. The van der Waals surface area contributed by atoms with E-state index in [1.807, 2.05) is 4.90 Å². The molecule has 2 aliphatic rings. The zero-order chi connectivity index (χ0) is 30.3. The van der Waals surface area contributed by atoms with Crippen LogP contribution in [0.15, 0.2) is 31.4 Å². The lowest BCUT2D eigenvalue weighted by Gasteiger charge is -2.32. The zero-order valence-corrected chi connectivity index (χ0v) is 23.4. The number of hydrogen-bond acceptors (Lipinski definition) is 10. The Morgan fingerprint density at radius 3 is 2.60 bits per heavy atom. The van der Waals surface area contributed by atoms with Gasteiger partial charge in [0.05, 0.1) is 37.8 Å². The molecule has 5 rings (SSSR count). The van der Waals surface area contributed by atoms with Crippen molar-refractivity contribution in [3.05, 3.63) is 31.4 Å². The lowest BCUT2D eigenvalue weighted by molar-refractivity contribution is -0.132. The fourth-order valence-electron chi connectivity index (χ4n) is 4.90. The molecule has 0 aromatic carbocycles. The van der Waals surface area contributed by atoms with Crippen molar-refractivity contribution < 1.29 is 27.9 Å². The lowest BCUT2D eigenvalue weighted by atomic mass is 10.0. The van der Waals surface area contributed by atoms with Crippen molar-refractivity contribution in [3.63, 3.8) is 0 Å². The number of aromatic nitrogens is 6. The summed E-state index contributed by atoms with van der Waals surface area (Å²) in [6, 6.07) is -0.0984. The molecular formula is C26H33F2N11O4. The van der Waals surface area contributed by atoms with Gasteiger partial charge in [0.1, 0.15) is 6.33 Å². The average molecular weight is 602 g/mol.